The van der Waals surface area contributed by atoms with Crippen molar-refractivity contribution in [2.75, 3.05) is 6.61 Å². The number of hydrogen-bond donors (Lipinski definition) is 0. The summed E-state index contributed by atoms with van der Waals surface area (Å²) < 4.78 is 9.86. The van der Waals surface area contributed by atoms with E-state index in [9.17, 15) is 9.59 Å². The maximum Gasteiger partial charge on any atom is 0.320 e. The van der Waals surface area contributed by atoms with Crippen molar-refractivity contribution in [1.29, 1.82) is 0 Å². The Morgan fingerprint density at radius 2 is 1.92 bits per heavy atom. The Morgan fingerprint density at radius 3 is 2.75 bits per heavy atom. The van der Waals surface area contributed by atoms with E-state index < -0.39 is 0 Å². The van der Waals surface area contributed by atoms with E-state index in [0.29, 0.717) is 6.61 Å². The Labute approximate surface area is 68.8 Å². The first kappa shape index (κ1) is 6.60. The zero-order chi connectivity index (χ0) is 8.29. The standard InChI is InChI=1S/C8H8O4/c9-7-4-3-1-2-11-6(3)5(4)8(10)12-7/h3-6H,1-2H2/t3-,4+,5+,6-/m1/s1. The average molecular weight is 168 g/mol. The number of carbonyl (C=O) groups excluding carboxylic acids is 2. The average Bonchev–Trinajstić information content (AvgIpc) is 2.41. The van der Waals surface area contributed by atoms with Crippen LogP contribution in [0.4, 0.5) is 0 Å². The molecule has 0 amide bonds. The van der Waals surface area contributed by atoms with Crippen molar-refractivity contribution >= 4 is 11.9 Å². The molecule has 4 atom stereocenters. The summed E-state index contributed by atoms with van der Waals surface area (Å²) in [4.78, 5) is 22.2. The van der Waals surface area contributed by atoms with Gasteiger partial charge in [-0.05, 0) is 6.42 Å². The molecule has 0 aromatic heterocycles. The Hall–Kier alpha value is -0.900. The van der Waals surface area contributed by atoms with Gasteiger partial charge in [0.1, 0.15) is 0 Å². The van der Waals surface area contributed by atoms with Gasteiger partial charge in [-0.15, -0.1) is 0 Å². The molecule has 3 fully saturated rings. The number of fused-ring (bicyclic) bond motifs is 4. The maximum atomic E-state index is 11.1. The van der Waals surface area contributed by atoms with Crippen LogP contribution in [0.25, 0.3) is 0 Å². The second-order valence-electron chi connectivity index (χ2n) is 3.58. The highest BCUT2D eigenvalue weighted by atomic mass is 16.6. The fourth-order valence-corrected chi connectivity index (χ4v) is 2.54. The predicted molar refractivity (Wildman–Crippen MR) is 35.9 cm³/mol. The minimum absolute atomic E-state index is 0.0195. The molecular weight excluding hydrogens is 160 g/mol. The molecule has 0 bridgehead atoms. The van der Waals surface area contributed by atoms with E-state index in [1.807, 2.05) is 0 Å². The van der Waals surface area contributed by atoms with Gasteiger partial charge in [-0.3, -0.25) is 9.59 Å². The van der Waals surface area contributed by atoms with Crippen molar-refractivity contribution in [2.24, 2.45) is 17.8 Å². The summed E-state index contributed by atoms with van der Waals surface area (Å²) in [6, 6.07) is 0. The van der Waals surface area contributed by atoms with Crippen LogP contribution in [0.1, 0.15) is 6.42 Å². The SMILES string of the molecule is O=C1OC(=O)[C@H]2[C@H]3CCO[C@H]3[C@@H]12. The van der Waals surface area contributed by atoms with Gasteiger partial charge in [0.05, 0.1) is 17.9 Å². The lowest BCUT2D eigenvalue weighted by Gasteiger charge is -2.37. The van der Waals surface area contributed by atoms with E-state index in [2.05, 4.69) is 4.74 Å². The van der Waals surface area contributed by atoms with E-state index in [0.717, 1.165) is 6.42 Å². The van der Waals surface area contributed by atoms with Crippen molar-refractivity contribution in [3.63, 3.8) is 0 Å². The monoisotopic (exact) mass is 168 g/mol. The second kappa shape index (κ2) is 1.88. The number of cyclic esters (lactones) is 2. The van der Waals surface area contributed by atoms with Crippen LogP contribution in [0.15, 0.2) is 0 Å². The third kappa shape index (κ3) is 0.545. The van der Waals surface area contributed by atoms with E-state index in [-0.39, 0.29) is 35.8 Å². The lowest BCUT2D eigenvalue weighted by molar-refractivity contribution is -0.153. The molecule has 0 spiro atoms. The quantitative estimate of drug-likeness (QED) is 0.369. The first-order chi connectivity index (χ1) is 5.79. The first-order valence-corrected chi connectivity index (χ1v) is 4.16. The molecule has 2 aliphatic heterocycles. The lowest BCUT2D eigenvalue weighted by atomic mass is 9.63. The van der Waals surface area contributed by atoms with Crippen LogP contribution in [-0.2, 0) is 19.1 Å². The predicted octanol–water partition coefficient (Wildman–Crippen LogP) is -0.279. The summed E-state index contributed by atoms with van der Waals surface area (Å²) in [5, 5.41) is 0. The van der Waals surface area contributed by atoms with Crippen LogP contribution < -0.4 is 0 Å². The van der Waals surface area contributed by atoms with Crippen LogP contribution in [0.3, 0.4) is 0 Å². The summed E-state index contributed by atoms with van der Waals surface area (Å²) in [5.74, 6) is -0.908. The molecule has 3 rings (SSSR count). The Bertz CT molecular complexity index is 246. The molecule has 64 valence electrons. The Morgan fingerprint density at radius 1 is 1.17 bits per heavy atom. The summed E-state index contributed by atoms with van der Waals surface area (Å²) in [5.41, 5.74) is 0. The molecule has 0 N–H and O–H groups in total. The van der Waals surface area contributed by atoms with Crippen LogP contribution in [0.5, 0.6) is 0 Å². The number of ether oxygens (including phenoxy) is 2. The summed E-state index contributed by atoms with van der Waals surface area (Å²) in [6.07, 6.45) is 0.878. The fourth-order valence-electron chi connectivity index (χ4n) is 2.54. The van der Waals surface area contributed by atoms with E-state index in [1.165, 1.54) is 0 Å². The van der Waals surface area contributed by atoms with Gasteiger partial charge in [-0.25, -0.2) is 0 Å². The highest BCUT2D eigenvalue weighted by Gasteiger charge is 2.65. The number of esters is 2. The summed E-state index contributed by atoms with van der Waals surface area (Å²) >= 11 is 0. The molecule has 1 saturated carbocycles. The van der Waals surface area contributed by atoms with Crippen molar-refractivity contribution in [3.8, 4) is 0 Å². The van der Waals surface area contributed by atoms with E-state index >= 15 is 0 Å². The largest absolute Gasteiger partial charge is 0.393 e. The van der Waals surface area contributed by atoms with Crippen LogP contribution in [0.2, 0.25) is 0 Å². The van der Waals surface area contributed by atoms with Gasteiger partial charge in [-0.1, -0.05) is 0 Å². The third-order valence-electron chi connectivity index (χ3n) is 3.13. The van der Waals surface area contributed by atoms with E-state index in [4.69, 9.17) is 4.74 Å². The maximum absolute atomic E-state index is 11.1. The van der Waals surface area contributed by atoms with Crippen molar-refractivity contribution in [2.45, 2.75) is 12.5 Å². The third-order valence-corrected chi connectivity index (χ3v) is 3.13. The normalized spacial score (nSPS) is 49.7. The van der Waals surface area contributed by atoms with E-state index in [1.54, 1.807) is 0 Å². The smallest absolute Gasteiger partial charge is 0.320 e. The highest BCUT2D eigenvalue weighted by Crippen LogP contribution is 2.52. The van der Waals surface area contributed by atoms with Crippen LogP contribution >= 0.6 is 0 Å². The number of hydrogen-bond acceptors (Lipinski definition) is 4. The first-order valence-electron chi connectivity index (χ1n) is 4.16. The Balaban J connectivity index is 1.95. The van der Waals surface area contributed by atoms with Crippen molar-refractivity contribution < 1.29 is 19.1 Å². The summed E-state index contributed by atoms with van der Waals surface area (Å²) in [6.45, 7) is 0.683. The molecule has 1 aliphatic carbocycles. The zero-order valence-electron chi connectivity index (χ0n) is 6.36. The van der Waals surface area contributed by atoms with Gasteiger partial charge in [0.15, 0.2) is 0 Å². The van der Waals surface area contributed by atoms with Gasteiger partial charge in [-0.2, -0.15) is 0 Å². The van der Waals surface area contributed by atoms with Crippen LogP contribution in [-0.4, -0.2) is 24.6 Å². The molecule has 2 saturated heterocycles. The molecule has 0 aromatic carbocycles. The molecular formula is C8H8O4. The molecule has 12 heavy (non-hydrogen) atoms. The second-order valence-corrected chi connectivity index (χ2v) is 3.58. The molecule has 3 aliphatic rings. The van der Waals surface area contributed by atoms with Gasteiger partial charge in [0.25, 0.3) is 0 Å². The minimum atomic E-state index is -0.381. The molecule has 0 radical (unpaired) electrons. The Kier molecular flexibility index (Phi) is 1.03. The van der Waals surface area contributed by atoms with Gasteiger partial charge < -0.3 is 9.47 Å². The van der Waals surface area contributed by atoms with Gasteiger partial charge in [0, 0.05) is 12.5 Å². The molecule has 0 unspecified atom stereocenters. The molecule has 4 nitrogen and oxygen atoms in total. The number of carbonyl (C=O) groups is 2. The fraction of sp³-hybridized carbons (Fsp3) is 0.750. The lowest BCUT2D eigenvalue weighted by Crippen LogP contribution is -2.50. The van der Waals surface area contributed by atoms with Gasteiger partial charge >= 0.3 is 11.9 Å². The molecule has 2 heterocycles. The van der Waals surface area contributed by atoms with Crippen molar-refractivity contribution in [3.05, 3.63) is 0 Å². The van der Waals surface area contributed by atoms with Gasteiger partial charge in [0.2, 0.25) is 0 Å². The molecule has 4 heteroatoms. The highest BCUT2D eigenvalue weighted by molar-refractivity contribution is 5.98. The zero-order valence-corrected chi connectivity index (χ0v) is 6.36. The van der Waals surface area contributed by atoms with Crippen molar-refractivity contribution in [1.82, 2.24) is 0 Å². The topological polar surface area (TPSA) is 52.6 Å². The number of rotatable bonds is 0. The minimum Gasteiger partial charge on any atom is -0.393 e. The van der Waals surface area contributed by atoms with Crippen LogP contribution in [0, 0.1) is 17.8 Å². The summed E-state index contributed by atoms with van der Waals surface area (Å²) in [7, 11) is 0. The molecule has 0 aromatic rings.